The summed E-state index contributed by atoms with van der Waals surface area (Å²) in [5.41, 5.74) is 1.10. The van der Waals surface area contributed by atoms with Gasteiger partial charge in [-0.2, -0.15) is 0 Å². The molecule has 0 saturated carbocycles. The van der Waals surface area contributed by atoms with Crippen LogP contribution in [0.3, 0.4) is 0 Å². The first-order valence-electron chi connectivity index (χ1n) is 8.35. The van der Waals surface area contributed by atoms with Gasteiger partial charge < -0.3 is 15.1 Å². The molecule has 1 aliphatic heterocycles. The van der Waals surface area contributed by atoms with Crippen molar-refractivity contribution < 1.29 is 0 Å². The predicted octanol–water partition coefficient (Wildman–Crippen LogP) is 3.23. The van der Waals surface area contributed by atoms with Gasteiger partial charge in [-0.15, -0.1) is 22.7 Å². The molecule has 0 atom stereocenters. The van der Waals surface area contributed by atoms with Crippen molar-refractivity contribution in [2.75, 3.05) is 38.1 Å². The zero-order chi connectivity index (χ0) is 16.9. The average Bonchev–Trinajstić information content (AvgIpc) is 3.28. The smallest absolute Gasteiger partial charge is 0.194 e. The van der Waals surface area contributed by atoms with Gasteiger partial charge in [0.25, 0.3) is 0 Å². The molecule has 2 aromatic heterocycles. The summed E-state index contributed by atoms with van der Waals surface area (Å²) in [6, 6.07) is 4.31. The molecule has 0 spiro atoms. The summed E-state index contributed by atoms with van der Waals surface area (Å²) in [6.07, 6.45) is 0. The third-order valence-corrected chi connectivity index (χ3v) is 6.22. The summed E-state index contributed by atoms with van der Waals surface area (Å²) in [5.74, 6) is 1.47. The Morgan fingerprint density at radius 3 is 2.67 bits per heavy atom. The Hall–Kier alpha value is -1.60. The number of nitrogens with zero attached hydrogens (tertiary/aromatic N) is 4. The Bertz CT molecular complexity index is 654. The SMILES string of the molecule is CN=C(NCc1csc(C(C)C)n1)N1CCN(c2cccs2)CC1. The second-order valence-corrected chi connectivity index (χ2v) is 7.97. The van der Waals surface area contributed by atoms with Crippen LogP contribution in [0.5, 0.6) is 0 Å². The predicted molar refractivity (Wildman–Crippen MR) is 105 cm³/mol. The largest absolute Gasteiger partial charge is 0.360 e. The number of hydrogen-bond acceptors (Lipinski definition) is 5. The van der Waals surface area contributed by atoms with E-state index in [1.807, 2.05) is 18.4 Å². The van der Waals surface area contributed by atoms with Crippen molar-refractivity contribution in [3.63, 3.8) is 0 Å². The van der Waals surface area contributed by atoms with Gasteiger partial charge in [-0.05, 0) is 17.5 Å². The van der Waals surface area contributed by atoms with Crippen LogP contribution in [0.2, 0.25) is 0 Å². The van der Waals surface area contributed by atoms with Crippen LogP contribution in [0.15, 0.2) is 27.9 Å². The van der Waals surface area contributed by atoms with Crippen molar-refractivity contribution in [3.8, 4) is 0 Å². The van der Waals surface area contributed by atoms with E-state index >= 15 is 0 Å². The average molecular weight is 364 g/mol. The monoisotopic (exact) mass is 363 g/mol. The number of guanidine groups is 1. The first kappa shape index (κ1) is 17.2. The van der Waals surface area contributed by atoms with Crippen LogP contribution in [-0.2, 0) is 6.54 Å². The molecular weight excluding hydrogens is 338 g/mol. The molecule has 3 rings (SSSR count). The Morgan fingerprint density at radius 1 is 1.29 bits per heavy atom. The highest BCUT2D eigenvalue weighted by Gasteiger charge is 2.20. The van der Waals surface area contributed by atoms with Crippen molar-refractivity contribution >= 4 is 33.6 Å². The van der Waals surface area contributed by atoms with Crippen molar-refractivity contribution in [1.82, 2.24) is 15.2 Å². The minimum absolute atomic E-state index is 0.494. The minimum atomic E-state index is 0.494. The molecule has 1 fully saturated rings. The Morgan fingerprint density at radius 2 is 2.08 bits per heavy atom. The van der Waals surface area contributed by atoms with Crippen LogP contribution in [0.4, 0.5) is 5.00 Å². The molecule has 1 N–H and O–H groups in total. The maximum atomic E-state index is 4.68. The van der Waals surface area contributed by atoms with E-state index in [0.717, 1.165) is 44.4 Å². The molecule has 3 heterocycles. The lowest BCUT2D eigenvalue weighted by Gasteiger charge is -2.36. The van der Waals surface area contributed by atoms with Gasteiger partial charge in [-0.25, -0.2) is 4.98 Å². The Kier molecular flexibility index (Phi) is 5.73. The van der Waals surface area contributed by atoms with Gasteiger partial charge in [-0.3, -0.25) is 4.99 Å². The molecule has 0 aliphatic carbocycles. The molecule has 1 aliphatic rings. The number of piperazine rings is 1. The van der Waals surface area contributed by atoms with E-state index in [-0.39, 0.29) is 0 Å². The molecule has 0 aromatic carbocycles. The summed E-state index contributed by atoms with van der Waals surface area (Å²) in [6.45, 7) is 9.16. The summed E-state index contributed by atoms with van der Waals surface area (Å²) < 4.78 is 0. The molecule has 2 aromatic rings. The number of anilines is 1. The van der Waals surface area contributed by atoms with Gasteiger partial charge in [0.1, 0.15) is 0 Å². The van der Waals surface area contributed by atoms with Crippen LogP contribution >= 0.6 is 22.7 Å². The van der Waals surface area contributed by atoms with Crippen LogP contribution in [0.25, 0.3) is 0 Å². The number of nitrogens with one attached hydrogen (secondary N) is 1. The fraction of sp³-hybridized carbons (Fsp3) is 0.529. The van der Waals surface area contributed by atoms with Crippen LogP contribution in [0, 0.1) is 0 Å². The van der Waals surface area contributed by atoms with Crippen LogP contribution in [-0.4, -0.2) is 49.1 Å². The van der Waals surface area contributed by atoms with E-state index in [4.69, 9.17) is 0 Å². The van der Waals surface area contributed by atoms with Crippen molar-refractivity contribution in [1.29, 1.82) is 0 Å². The first-order valence-corrected chi connectivity index (χ1v) is 10.1. The van der Waals surface area contributed by atoms with E-state index < -0.39 is 0 Å². The molecule has 0 radical (unpaired) electrons. The standard InChI is InChI=1S/C17H25N5S2/c1-13(2)16-20-14(12-24-16)11-19-17(18-3)22-8-6-21(7-9-22)15-5-4-10-23-15/h4-5,10,12-13H,6-9,11H2,1-3H3,(H,18,19). The van der Waals surface area contributed by atoms with Gasteiger partial charge >= 0.3 is 0 Å². The number of hydrogen-bond donors (Lipinski definition) is 1. The van der Waals surface area contributed by atoms with E-state index in [2.05, 4.69) is 61.8 Å². The van der Waals surface area contributed by atoms with Crippen LogP contribution in [0.1, 0.15) is 30.5 Å². The summed E-state index contributed by atoms with van der Waals surface area (Å²) in [4.78, 5) is 13.9. The molecule has 1 saturated heterocycles. The second-order valence-electron chi connectivity index (χ2n) is 6.16. The van der Waals surface area contributed by atoms with Gasteiger partial charge in [0.05, 0.1) is 22.2 Å². The molecule has 5 nitrogen and oxygen atoms in total. The van der Waals surface area contributed by atoms with E-state index in [1.54, 1.807) is 11.3 Å². The topological polar surface area (TPSA) is 43.8 Å². The highest BCUT2D eigenvalue weighted by atomic mass is 32.1. The number of thiazole rings is 1. The maximum absolute atomic E-state index is 4.68. The van der Waals surface area contributed by atoms with Gasteiger partial charge in [0, 0.05) is 44.5 Å². The Labute approximate surface area is 152 Å². The van der Waals surface area contributed by atoms with E-state index in [9.17, 15) is 0 Å². The van der Waals surface area contributed by atoms with E-state index in [0.29, 0.717) is 5.92 Å². The van der Waals surface area contributed by atoms with Crippen molar-refractivity contribution in [2.24, 2.45) is 4.99 Å². The lowest BCUT2D eigenvalue weighted by Crippen LogP contribution is -2.52. The summed E-state index contributed by atoms with van der Waals surface area (Å²) in [5, 5.41) is 10.3. The molecule has 7 heteroatoms. The molecule has 24 heavy (non-hydrogen) atoms. The maximum Gasteiger partial charge on any atom is 0.194 e. The van der Waals surface area contributed by atoms with Gasteiger partial charge in [-0.1, -0.05) is 13.8 Å². The zero-order valence-corrected chi connectivity index (χ0v) is 16.2. The molecule has 0 unspecified atom stereocenters. The zero-order valence-electron chi connectivity index (χ0n) is 14.5. The summed E-state index contributed by atoms with van der Waals surface area (Å²) >= 11 is 3.55. The highest BCUT2D eigenvalue weighted by Crippen LogP contribution is 2.22. The third-order valence-electron chi connectivity index (χ3n) is 4.10. The lowest BCUT2D eigenvalue weighted by molar-refractivity contribution is 0.373. The Balaban J connectivity index is 1.51. The van der Waals surface area contributed by atoms with E-state index in [1.165, 1.54) is 10.0 Å². The fourth-order valence-electron chi connectivity index (χ4n) is 2.76. The number of rotatable bonds is 4. The van der Waals surface area contributed by atoms with Crippen molar-refractivity contribution in [2.45, 2.75) is 26.3 Å². The van der Waals surface area contributed by atoms with Gasteiger partial charge in [0.2, 0.25) is 0 Å². The molecule has 130 valence electrons. The third kappa shape index (κ3) is 4.08. The normalized spacial score (nSPS) is 16.1. The quantitative estimate of drug-likeness (QED) is 0.669. The summed E-state index contributed by atoms with van der Waals surface area (Å²) in [7, 11) is 1.86. The molecular formula is C17H25N5S2. The fourth-order valence-corrected chi connectivity index (χ4v) is 4.38. The van der Waals surface area contributed by atoms with Gasteiger partial charge in [0.15, 0.2) is 5.96 Å². The second kappa shape index (κ2) is 7.98. The first-order chi connectivity index (χ1) is 11.7. The van der Waals surface area contributed by atoms with Crippen LogP contribution < -0.4 is 10.2 Å². The number of aliphatic imine (C=N–C) groups is 1. The highest BCUT2D eigenvalue weighted by molar-refractivity contribution is 7.14. The number of aromatic nitrogens is 1. The minimum Gasteiger partial charge on any atom is -0.360 e. The van der Waals surface area contributed by atoms with Crippen molar-refractivity contribution in [3.05, 3.63) is 33.6 Å². The number of thiophene rings is 1. The molecule has 0 bridgehead atoms. The molecule has 0 amide bonds. The lowest BCUT2D eigenvalue weighted by atomic mass is 10.2.